The zero-order valence-corrected chi connectivity index (χ0v) is 22.1. The van der Waals surface area contributed by atoms with Crippen molar-refractivity contribution in [2.24, 2.45) is 0 Å². The fourth-order valence-electron chi connectivity index (χ4n) is 4.35. The Bertz CT molecular complexity index is 1340. The van der Waals surface area contributed by atoms with Gasteiger partial charge in [-0.3, -0.25) is 4.90 Å². The summed E-state index contributed by atoms with van der Waals surface area (Å²) < 4.78 is 42.4. The van der Waals surface area contributed by atoms with Crippen LogP contribution in [0.5, 0.6) is 11.9 Å². The molecule has 0 aromatic carbocycles. The van der Waals surface area contributed by atoms with E-state index in [1.807, 2.05) is 0 Å². The maximum absolute atomic E-state index is 11.8. The first-order valence-electron chi connectivity index (χ1n) is 11.6. The van der Waals surface area contributed by atoms with Gasteiger partial charge < -0.3 is 19.1 Å². The average Bonchev–Trinajstić information content (AvgIpc) is 3.30. The van der Waals surface area contributed by atoms with Gasteiger partial charge in [0.25, 0.3) is 0 Å². The van der Waals surface area contributed by atoms with Crippen LogP contribution in [0, 0.1) is 0 Å². The van der Waals surface area contributed by atoms with Gasteiger partial charge in [-0.15, -0.1) is 11.3 Å². The topological polar surface area (TPSA) is 123 Å². The van der Waals surface area contributed by atoms with Crippen molar-refractivity contribution in [2.45, 2.75) is 6.54 Å². The molecule has 14 heteroatoms. The highest BCUT2D eigenvalue weighted by atomic mass is 32.2. The van der Waals surface area contributed by atoms with E-state index in [9.17, 15) is 8.42 Å². The van der Waals surface area contributed by atoms with E-state index in [4.69, 9.17) is 24.2 Å². The quantitative estimate of drug-likeness (QED) is 0.432. The minimum absolute atomic E-state index is 0.207. The monoisotopic (exact) mass is 535 g/mol. The van der Waals surface area contributed by atoms with E-state index in [1.165, 1.54) is 17.7 Å². The third kappa shape index (κ3) is 5.22. The molecule has 0 saturated carbocycles. The number of nitrogens with zero attached hydrogens (tertiary/aromatic N) is 7. The van der Waals surface area contributed by atoms with E-state index < -0.39 is 10.0 Å². The number of ether oxygens (including phenoxy) is 3. The summed E-state index contributed by atoms with van der Waals surface area (Å²) in [6.45, 7) is 5.87. The first-order chi connectivity index (χ1) is 17.4. The standard InChI is InChI=1S/C22H29N7O5S2/c1-32-21-16(13-23-22(26-21)33-2)19-24-17-12-15(14-27-4-6-29(7-5-27)36(3,30)31)35-18(17)20(25-19)28-8-10-34-11-9-28/h12-13H,4-11,14H2,1-3H3. The lowest BCUT2D eigenvalue weighted by molar-refractivity contribution is 0.122. The Hall–Kier alpha value is -2.65. The predicted molar refractivity (Wildman–Crippen MR) is 136 cm³/mol. The Morgan fingerprint density at radius 2 is 1.78 bits per heavy atom. The molecule has 3 aromatic rings. The minimum Gasteiger partial charge on any atom is -0.480 e. The summed E-state index contributed by atoms with van der Waals surface area (Å²) in [4.78, 5) is 24.0. The van der Waals surface area contributed by atoms with Crippen molar-refractivity contribution in [3.05, 3.63) is 17.1 Å². The first-order valence-corrected chi connectivity index (χ1v) is 14.3. The molecule has 2 fully saturated rings. The number of hydrogen-bond acceptors (Lipinski definition) is 12. The Morgan fingerprint density at radius 1 is 1.03 bits per heavy atom. The highest BCUT2D eigenvalue weighted by molar-refractivity contribution is 7.88. The number of thiophene rings is 1. The Morgan fingerprint density at radius 3 is 2.44 bits per heavy atom. The van der Waals surface area contributed by atoms with Crippen molar-refractivity contribution in [1.29, 1.82) is 0 Å². The van der Waals surface area contributed by atoms with E-state index in [0.29, 0.717) is 56.7 Å². The van der Waals surface area contributed by atoms with Gasteiger partial charge >= 0.3 is 6.01 Å². The maximum Gasteiger partial charge on any atom is 0.319 e. The van der Waals surface area contributed by atoms with Gasteiger partial charge in [-0.25, -0.2) is 23.4 Å². The molecule has 3 aromatic heterocycles. The van der Waals surface area contributed by atoms with E-state index in [-0.39, 0.29) is 6.01 Å². The summed E-state index contributed by atoms with van der Waals surface area (Å²) in [6, 6.07) is 2.30. The number of fused-ring (bicyclic) bond motifs is 1. The summed E-state index contributed by atoms with van der Waals surface area (Å²) in [7, 11) is -0.113. The van der Waals surface area contributed by atoms with Crippen molar-refractivity contribution in [2.75, 3.05) is 77.9 Å². The number of anilines is 1. The zero-order chi connectivity index (χ0) is 25.3. The number of aromatic nitrogens is 4. The van der Waals surface area contributed by atoms with Gasteiger partial charge in [-0.1, -0.05) is 0 Å². The number of morpholine rings is 1. The van der Waals surface area contributed by atoms with Gasteiger partial charge in [0, 0.05) is 56.9 Å². The lowest BCUT2D eigenvalue weighted by Gasteiger charge is -2.32. The molecule has 5 heterocycles. The van der Waals surface area contributed by atoms with Crippen molar-refractivity contribution < 1.29 is 22.6 Å². The van der Waals surface area contributed by atoms with Gasteiger partial charge in [0.2, 0.25) is 15.9 Å². The minimum atomic E-state index is -3.16. The Labute approximate surface area is 213 Å². The smallest absolute Gasteiger partial charge is 0.319 e. The summed E-state index contributed by atoms with van der Waals surface area (Å²) in [5.74, 6) is 1.68. The Balaban J connectivity index is 1.49. The summed E-state index contributed by atoms with van der Waals surface area (Å²) in [5.41, 5.74) is 1.42. The first kappa shape index (κ1) is 25.0. The van der Waals surface area contributed by atoms with Crippen LogP contribution in [-0.2, 0) is 21.3 Å². The number of sulfonamides is 1. The molecule has 2 aliphatic heterocycles. The molecule has 0 radical (unpaired) electrons. The van der Waals surface area contributed by atoms with Crippen LogP contribution in [0.25, 0.3) is 21.6 Å². The second-order valence-corrected chi connectivity index (χ2v) is 11.7. The highest BCUT2D eigenvalue weighted by Gasteiger charge is 2.25. The zero-order valence-electron chi connectivity index (χ0n) is 20.5. The molecule has 2 aliphatic rings. The third-order valence-corrected chi connectivity index (χ3v) is 8.65. The van der Waals surface area contributed by atoms with Crippen LogP contribution in [0.15, 0.2) is 12.3 Å². The summed E-state index contributed by atoms with van der Waals surface area (Å²) in [6.07, 6.45) is 2.88. The van der Waals surface area contributed by atoms with Crippen molar-refractivity contribution in [3.63, 3.8) is 0 Å². The van der Waals surface area contributed by atoms with Gasteiger partial charge in [-0.05, 0) is 6.07 Å². The maximum atomic E-state index is 11.8. The number of hydrogen-bond donors (Lipinski definition) is 0. The van der Waals surface area contributed by atoms with Crippen molar-refractivity contribution >= 4 is 37.4 Å². The van der Waals surface area contributed by atoms with E-state index in [0.717, 1.165) is 40.5 Å². The van der Waals surface area contributed by atoms with Gasteiger partial charge in [0.05, 0.1) is 43.9 Å². The molecular weight excluding hydrogens is 506 g/mol. The third-order valence-electron chi connectivity index (χ3n) is 6.24. The SMILES string of the molecule is COc1ncc(-c2nc(N3CCOCC3)c3sc(CN4CCN(S(C)(=O)=O)CC4)cc3n2)c(OC)n1. The van der Waals surface area contributed by atoms with Gasteiger partial charge in [0.1, 0.15) is 5.56 Å². The molecule has 194 valence electrons. The van der Waals surface area contributed by atoms with Crippen molar-refractivity contribution in [3.8, 4) is 23.3 Å². The molecular formula is C22H29N7O5S2. The van der Waals surface area contributed by atoms with E-state index in [1.54, 1.807) is 24.6 Å². The van der Waals surface area contributed by atoms with E-state index in [2.05, 4.69) is 25.8 Å². The largest absolute Gasteiger partial charge is 0.480 e. The molecule has 0 unspecified atom stereocenters. The number of piperazine rings is 1. The molecule has 12 nitrogen and oxygen atoms in total. The normalized spacial score (nSPS) is 18.0. The van der Waals surface area contributed by atoms with Gasteiger partial charge in [-0.2, -0.15) is 9.29 Å². The average molecular weight is 536 g/mol. The number of methoxy groups -OCH3 is 2. The fourth-order valence-corrected chi connectivity index (χ4v) is 6.33. The molecule has 0 atom stereocenters. The Kier molecular flexibility index (Phi) is 7.21. The van der Waals surface area contributed by atoms with Crippen molar-refractivity contribution in [1.82, 2.24) is 29.1 Å². The molecule has 5 rings (SSSR count). The summed E-state index contributed by atoms with van der Waals surface area (Å²) >= 11 is 1.67. The van der Waals surface area contributed by atoms with E-state index >= 15 is 0 Å². The fraction of sp³-hybridized carbons (Fsp3) is 0.545. The molecule has 0 spiro atoms. The molecule has 2 saturated heterocycles. The summed E-state index contributed by atoms with van der Waals surface area (Å²) in [5, 5.41) is 0. The van der Waals surface area contributed by atoms with Crippen LogP contribution in [0.3, 0.4) is 0 Å². The second kappa shape index (κ2) is 10.4. The molecule has 0 aliphatic carbocycles. The lowest BCUT2D eigenvalue weighted by Crippen LogP contribution is -2.47. The van der Waals surface area contributed by atoms with Crippen LogP contribution in [0.2, 0.25) is 0 Å². The molecule has 0 bridgehead atoms. The van der Waals surface area contributed by atoms with Crippen LogP contribution in [0.4, 0.5) is 5.82 Å². The second-order valence-electron chi connectivity index (χ2n) is 8.62. The molecule has 0 N–H and O–H groups in total. The van der Waals surface area contributed by atoms with Crippen LogP contribution in [0.1, 0.15) is 4.88 Å². The van der Waals surface area contributed by atoms with Gasteiger partial charge in [0.15, 0.2) is 11.6 Å². The highest BCUT2D eigenvalue weighted by Crippen LogP contribution is 2.36. The molecule has 0 amide bonds. The van der Waals surface area contributed by atoms with Crippen LogP contribution < -0.4 is 14.4 Å². The predicted octanol–water partition coefficient (Wildman–Crippen LogP) is 1.08. The van der Waals surface area contributed by atoms with Crippen LogP contribution >= 0.6 is 11.3 Å². The lowest BCUT2D eigenvalue weighted by atomic mass is 10.2. The molecule has 36 heavy (non-hydrogen) atoms. The number of rotatable bonds is 7. The van der Waals surface area contributed by atoms with Crippen LogP contribution in [-0.4, -0.2) is 111 Å².